The fraction of sp³-hybridized carbons (Fsp3) is 0.273. The smallest absolute Gasteiger partial charge is 0.269 e. The Balaban J connectivity index is 1.65. The van der Waals surface area contributed by atoms with Gasteiger partial charge in [-0.3, -0.25) is 14.9 Å². The fourth-order valence-electron chi connectivity index (χ4n) is 3.35. The van der Waals surface area contributed by atoms with Crippen molar-refractivity contribution in [3.05, 3.63) is 81.0 Å². The lowest BCUT2D eigenvalue weighted by atomic mass is 9.87. The molecule has 0 aliphatic carbocycles. The number of nitrogens with zero attached hydrogens (tertiary/aromatic N) is 3. The zero-order valence-corrected chi connectivity index (χ0v) is 17.8. The van der Waals surface area contributed by atoms with Gasteiger partial charge in [0.2, 0.25) is 0 Å². The molecule has 0 atom stereocenters. The standard InChI is InChI=1S/C22H22N4O3S/c1-22(2,3)15-6-4-14(5-7-15)21(27)23-20-18-12-30-13-19(18)24-25(20)16-8-10-17(11-9-16)26(28)29/h4-11H,12-13H2,1-3H3,(H,23,27). The van der Waals surface area contributed by atoms with E-state index in [1.54, 1.807) is 28.6 Å². The molecule has 4 rings (SSSR count). The number of non-ortho nitro benzene ring substituents is 1. The van der Waals surface area contributed by atoms with Crippen LogP contribution in [-0.4, -0.2) is 20.6 Å². The maximum atomic E-state index is 13.0. The molecule has 1 aromatic heterocycles. The highest BCUT2D eigenvalue weighted by atomic mass is 32.2. The largest absolute Gasteiger partial charge is 0.306 e. The molecule has 0 bridgehead atoms. The number of carbonyl (C=O) groups excluding carboxylic acids is 1. The average molecular weight is 423 g/mol. The van der Waals surface area contributed by atoms with Crippen LogP contribution in [0.3, 0.4) is 0 Å². The highest BCUT2D eigenvalue weighted by Crippen LogP contribution is 2.36. The number of hydrogen-bond acceptors (Lipinski definition) is 5. The van der Waals surface area contributed by atoms with Crippen LogP contribution in [0.15, 0.2) is 48.5 Å². The third-order valence-electron chi connectivity index (χ3n) is 5.10. The van der Waals surface area contributed by atoms with E-state index in [0.29, 0.717) is 17.1 Å². The quantitative estimate of drug-likeness (QED) is 0.468. The Morgan fingerprint density at radius 2 is 1.77 bits per heavy atom. The summed E-state index contributed by atoms with van der Waals surface area (Å²) >= 11 is 1.75. The van der Waals surface area contributed by atoms with Crippen molar-refractivity contribution in [2.45, 2.75) is 37.7 Å². The summed E-state index contributed by atoms with van der Waals surface area (Å²) in [4.78, 5) is 23.5. The van der Waals surface area contributed by atoms with Crippen molar-refractivity contribution in [3.63, 3.8) is 0 Å². The van der Waals surface area contributed by atoms with E-state index in [4.69, 9.17) is 0 Å². The average Bonchev–Trinajstić information content (AvgIpc) is 3.30. The Morgan fingerprint density at radius 1 is 1.10 bits per heavy atom. The molecule has 1 aliphatic heterocycles. The number of anilines is 1. The first-order valence-electron chi connectivity index (χ1n) is 9.59. The Labute approximate surface area is 178 Å². The predicted molar refractivity (Wildman–Crippen MR) is 118 cm³/mol. The third-order valence-corrected chi connectivity index (χ3v) is 6.07. The van der Waals surface area contributed by atoms with E-state index in [2.05, 4.69) is 31.2 Å². The SMILES string of the molecule is CC(C)(C)c1ccc(C(=O)Nc2c3c(nn2-c2ccc([N+](=O)[O-])cc2)CSC3)cc1. The summed E-state index contributed by atoms with van der Waals surface area (Å²) in [6.07, 6.45) is 0. The fourth-order valence-corrected chi connectivity index (χ4v) is 4.38. The van der Waals surface area contributed by atoms with Gasteiger partial charge in [0.05, 0.1) is 16.3 Å². The van der Waals surface area contributed by atoms with E-state index in [1.165, 1.54) is 12.1 Å². The number of amides is 1. The van der Waals surface area contributed by atoms with E-state index < -0.39 is 4.92 Å². The van der Waals surface area contributed by atoms with Crippen LogP contribution in [0, 0.1) is 10.1 Å². The second-order valence-electron chi connectivity index (χ2n) is 8.23. The van der Waals surface area contributed by atoms with E-state index >= 15 is 0 Å². The van der Waals surface area contributed by atoms with Gasteiger partial charge in [0.15, 0.2) is 0 Å². The summed E-state index contributed by atoms with van der Waals surface area (Å²) in [5, 5.41) is 18.6. The minimum absolute atomic E-state index is 0.0125. The molecule has 0 spiro atoms. The molecule has 8 heteroatoms. The molecule has 7 nitrogen and oxygen atoms in total. The first kappa shape index (κ1) is 20.2. The van der Waals surface area contributed by atoms with Gasteiger partial charge in [-0.15, -0.1) is 0 Å². The number of nitro groups is 1. The van der Waals surface area contributed by atoms with E-state index in [1.807, 2.05) is 24.3 Å². The van der Waals surface area contributed by atoms with Crippen molar-refractivity contribution in [1.82, 2.24) is 9.78 Å². The molecule has 0 saturated heterocycles. The van der Waals surface area contributed by atoms with E-state index in [9.17, 15) is 14.9 Å². The van der Waals surface area contributed by atoms with Crippen LogP contribution in [0.4, 0.5) is 11.5 Å². The second kappa shape index (κ2) is 7.60. The maximum absolute atomic E-state index is 13.0. The molecule has 0 fully saturated rings. The number of nitro benzene ring substituents is 1. The summed E-state index contributed by atoms with van der Waals surface area (Å²) in [5.41, 5.74) is 4.35. The number of aromatic nitrogens is 2. The molecule has 1 N–H and O–H groups in total. The Hall–Kier alpha value is -3.13. The van der Waals surface area contributed by atoms with Crippen molar-refractivity contribution < 1.29 is 9.72 Å². The molecule has 2 aromatic carbocycles. The number of nitrogens with one attached hydrogen (secondary N) is 1. The zero-order chi connectivity index (χ0) is 21.5. The number of carbonyl (C=O) groups is 1. The molecule has 3 aromatic rings. The zero-order valence-electron chi connectivity index (χ0n) is 17.0. The molecule has 0 saturated carbocycles. The summed E-state index contributed by atoms with van der Waals surface area (Å²) in [6.45, 7) is 6.39. The molecule has 0 radical (unpaired) electrons. The van der Waals surface area contributed by atoms with Crippen molar-refractivity contribution in [1.29, 1.82) is 0 Å². The Bertz CT molecular complexity index is 1110. The van der Waals surface area contributed by atoms with Crippen LogP contribution in [0.25, 0.3) is 5.69 Å². The van der Waals surface area contributed by atoms with Crippen LogP contribution >= 0.6 is 11.8 Å². The first-order chi connectivity index (χ1) is 14.2. The monoisotopic (exact) mass is 422 g/mol. The van der Waals surface area contributed by atoms with Crippen LogP contribution in [0.5, 0.6) is 0 Å². The maximum Gasteiger partial charge on any atom is 0.269 e. The van der Waals surface area contributed by atoms with E-state index in [0.717, 1.165) is 28.3 Å². The molecule has 30 heavy (non-hydrogen) atoms. The van der Waals surface area contributed by atoms with Gasteiger partial charge < -0.3 is 5.32 Å². The topological polar surface area (TPSA) is 90.1 Å². The highest BCUT2D eigenvalue weighted by molar-refractivity contribution is 7.98. The van der Waals surface area contributed by atoms with Crippen molar-refractivity contribution in [3.8, 4) is 5.69 Å². The highest BCUT2D eigenvalue weighted by Gasteiger charge is 2.25. The van der Waals surface area contributed by atoms with Gasteiger partial charge in [-0.1, -0.05) is 32.9 Å². The lowest BCUT2D eigenvalue weighted by molar-refractivity contribution is -0.384. The Morgan fingerprint density at radius 3 is 2.37 bits per heavy atom. The molecular weight excluding hydrogens is 400 g/mol. The van der Waals surface area contributed by atoms with Crippen LogP contribution in [-0.2, 0) is 16.9 Å². The molecular formula is C22H22N4O3S. The van der Waals surface area contributed by atoms with Crippen LogP contribution in [0.1, 0.15) is 48.0 Å². The molecule has 1 amide bonds. The van der Waals surface area contributed by atoms with Gasteiger partial charge in [-0.2, -0.15) is 16.9 Å². The van der Waals surface area contributed by atoms with Crippen LogP contribution < -0.4 is 5.32 Å². The van der Waals surface area contributed by atoms with Crippen molar-refractivity contribution >= 4 is 29.2 Å². The molecule has 1 aliphatic rings. The summed E-state index contributed by atoms with van der Waals surface area (Å²) < 4.78 is 1.66. The molecule has 154 valence electrons. The van der Waals surface area contributed by atoms with Crippen molar-refractivity contribution in [2.24, 2.45) is 0 Å². The Kier molecular flexibility index (Phi) is 5.11. The van der Waals surface area contributed by atoms with Gasteiger partial charge in [-0.25, -0.2) is 4.68 Å². The van der Waals surface area contributed by atoms with Gasteiger partial charge in [-0.05, 0) is 35.2 Å². The van der Waals surface area contributed by atoms with Gasteiger partial charge in [0.1, 0.15) is 5.82 Å². The minimum atomic E-state index is -0.437. The predicted octanol–water partition coefficient (Wildman–Crippen LogP) is 5.08. The number of thioether (sulfide) groups is 1. The number of hydrogen-bond donors (Lipinski definition) is 1. The number of fused-ring (bicyclic) bond motifs is 1. The summed E-state index contributed by atoms with van der Waals surface area (Å²) in [5.74, 6) is 1.95. The lowest BCUT2D eigenvalue weighted by Gasteiger charge is -2.19. The first-order valence-corrected chi connectivity index (χ1v) is 10.7. The van der Waals surface area contributed by atoms with Gasteiger partial charge >= 0.3 is 0 Å². The summed E-state index contributed by atoms with van der Waals surface area (Å²) in [7, 11) is 0. The van der Waals surface area contributed by atoms with Crippen LogP contribution in [0.2, 0.25) is 0 Å². The van der Waals surface area contributed by atoms with E-state index in [-0.39, 0.29) is 17.0 Å². The normalized spacial score (nSPS) is 13.2. The number of rotatable bonds is 4. The second-order valence-corrected chi connectivity index (χ2v) is 9.22. The molecule has 2 heterocycles. The van der Waals surface area contributed by atoms with Crippen molar-refractivity contribution in [2.75, 3.05) is 5.32 Å². The number of benzene rings is 2. The third kappa shape index (κ3) is 3.82. The lowest BCUT2D eigenvalue weighted by Crippen LogP contribution is -2.17. The van der Waals surface area contributed by atoms with Gasteiger partial charge in [0, 0.05) is 34.8 Å². The molecule has 0 unspecified atom stereocenters. The summed E-state index contributed by atoms with van der Waals surface area (Å²) in [6, 6.07) is 13.8. The van der Waals surface area contributed by atoms with Gasteiger partial charge in [0.25, 0.3) is 11.6 Å². The minimum Gasteiger partial charge on any atom is -0.306 e.